The summed E-state index contributed by atoms with van der Waals surface area (Å²) in [5.41, 5.74) is 6.48. The number of fused-ring (bicyclic) bond motifs is 1. The number of carbonyl (C=O) groups is 1. The minimum Gasteiger partial charge on any atom is -0.399 e. The summed E-state index contributed by atoms with van der Waals surface area (Å²) in [5, 5.41) is 1.01. The van der Waals surface area contributed by atoms with Gasteiger partial charge in [0.1, 0.15) is 5.82 Å². The molecule has 2 heterocycles. The maximum atomic E-state index is 12.5. The number of nitrogens with two attached hydrogens (primary N) is 1. The Kier molecular flexibility index (Phi) is 3.39. The first-order valence-corrected chi connectivity index (χ1v) is 7.37. The molecule has 21 heavy (non-hydrogen) atoms. The molecule has 5 nitrogen and oxygen atoms in total. The van der Waals surface area contributed by atoms with Gasteiger partial charge in [0.05, 0.1) is 11.4 Å². The van der Waals surface area contributed by atoms with Crippen LogP contribution in [0.2, 0.25) is 0 Å². The normalized spacial score (nSPS) is 11.0. The first-order chi connectivity index (χ1) is 10.0. The minimum atomic E-state index is -0.00206. The van der Waals surface area contributed by atoms with Crippen molar-refractivity contribution < 1.29 is 4.79 Å². The number of benzene rings is 1. The summed E-state index contributed by atoms with van der Waals surface area (Å²) in [5.74, 6) is 0.856. The highest BCUT2D eigenvalue weighted by molar-refractivity contribution is 7.20. The van der Waals surface area contributed by atoms with Gasteiger partial charge in [-0.05, 0) is 29.7 Å². The molecular formula is C15H16N4OS. The summed E-state index contributed by atoms with van der Waals surface area (Å²) in [6, 6.07) is 7.59. The van der Waals surface area contributed by atoms with Crippen LogP contribution in [0.4, 0.5) is 5.69 Å². The van der Waals surface area contributed by atoms with Crippen LogP contribution in [0.1, 0.15) is 15.5 Å². The molecular weight excluding hydrogens is 284 g/mol. The summed E-state index contributed by atoms with van der Waals surface area (Å²) >= 11 is 1.49. The SMILES string of the molecule is CN(Cc1nccn1C)C(=O)c1cc2cc(N)ccc2s1. The molecule has 0 saturated heterocycles. The van der Waals surface area contributed by atoms with E-state index in [2.05, 4.69) is 4.98 Å². The summed E-state index contributed by atoms with van der Waals surface area (Å²) in [6.07, 6.45) is 3.60. The molecule has 0 aliphatic heterocycles. The average molecular weight is 300 g/mol. The third-order valence-electron chi connectivity index (χ3n) is 3.40. The van der Waals surface area contributed by atoms with Gasteiger partial charge in [0, 0.05) is 36.9 Å². The molecule has 2 N–H and O–H groups in total. The van der Waals surface area contributed by atoms with Gasteiger partial charge in [0.15, 0.2) is 0 Å². The molecule has 0 atom stereocenters. The Labute approximate surface area is 126 Å². The van der Waals surface area contributed by atoms with Crippen LogP contribution in [0, 0.1) is 0 Å². The fraction of sp³-hybridized carbons (Fsp3) is 0.200. The van der Waals surface area contributed by atoms with Gasteiger partial charge in [0.2, 0.25) is 0 Å². The molecule has 0 spiro atoms. The topological polar surface area (TPSA) is 64.2 Å². The van der Waals surface area contributed by atoms with Crippen LogP contribution in [-0.4, -0.2) is 27.4 Å². The second-order valence-electron chi connectivity index (χ2n) is 5.02. The zero-order valence-electron chi connectivity index (χ0n) is 11.9. The van der Waals surface area contributed by atoms with Crippen molar-refractivity contribution in [1.82, 2.24) is 14.5 Å². The van der Waals surface area contributed by atoms with E-state index in [9.17, 15) is 4.79 Å². The molecule has 3 rings (SSSR count). The molecule has 0 aliphatic carbocycles. The summed E-state index contributed by atoms with van der Waals surface area (Å²) < 4.78 is 2.98. The number of imidazole rings is 1. The summed E-state index contributed by atoms with van der Waals surface area (Å²) in [4.78, 5) is 19.1. The number of aryl methyl sites for hydroxylation is 1. The lowest BCUT2D eigenvalue weighted by Crippen LogP contribution is -2.26. The van der Waals surface area contributed by atoms with Crippen molar-refractivity contribution in [3.63, 3.8) is 0 Å². The molecule has 6 heteroatoms. The van der Waals surface area contributed by atoms with Crippen LogP contribution in [0.5, 0.6) is 0 Å². The van der Waals surface area contributed by atoms with Crippen molar-refractivity contribution in [2.24, 2.45) is 7.05 Å². The van der Waals surface area contributed by atoms with Gasteiger partial charge in [0.25, 0.3) is 5.91 Å². The second kappa shape index (κ2) is 5.21. The largest absolute Gasteiger partial charge is 0.399 e. The van der Waals surface area contributed by atoms with Gasteiger partial charge in [-0.25, -0.2) is 4.98 Å². The van der Waals surface area contributed by atoms with Crippen LogP contribution >= 0.6 is 11.3 Å². The van der Waals surface area contributed by atoms with Crippen LogP contribution in [0.3, 0.4) is 0 Å². The van der Waals surface area contributed by atoms with Crippen molar-refractivity contribution in [2.75, 3.05) is 12.8 Å². The first-order valence-electron chi connectivity index (χ1n) is 6.55. The number of carbonyl (C=O) groups excluding carboxylic acids is 1. The van der Waals surface area contributed by atoms with Gasteiger partial charge in [-0.2, -0.15) is 0 Å². The monoisotopic (exact) mass is 300 g/mol. The molecule has 0 radical (unpaired) electrons. The van der Waals surface area contributed by atoms with Gasteiger partial charge < -0.3 is 15.2 Å². The fourth-order valence-electron chi connectivity index (χ4n) is 2.19. The van der Waals surface area contributed by atoms with Crippen molar-refractivity contribution >= 4 is 33.0 Å². The molecule has 3 aromatic rings. The van der Waals surface area contributed by atoms with Gasteiger partial charge >= 0.3 is 0 Å². The number of hydrogen-bond donors (Lipinski definition) is 1. The number of hydrogen-bond acceptors (Lipinski definition) is 4. The molecule has 1 amide bonds. The van der Waals surface area contributed by atoms with Gasteiger partial charge in [-0.15, -0.1) is 11.3 Å². The Morgan fingerprint density at radius 2 is 2.24 bits per heavy atom. The predicted octanol–water partition coefficient (Wildman–Crippen LogP) is 2.49. The van der Waals surface area contributed by atoms with E-state index in [1.165, 1.54) is 11.3 Å². The molecule has 0 bridgehead atoms. The Bertz CT molecular complexity index is 805. The number of aromatic nitrogens is 2. The number of nitrogen functional groups attached to an aromatic ring is 1. The molecule has 2 aromatic heterocycles. The number of amides is 1. The number of anilines is 1. The van der Waals surface area contributed by atoms with Crippen LogP contribution in [0.25, 0.3) is 10.1 Å². The van der Waals surface area contributed by atoms with E-state index < -0.39 is 0 Å². The summed E-state index contributed by atoms with van der Waals surface area (Å²) in [6.45, 7) is 0.485. The van der Waals surface area contributed by atoms with E-state index >= 15 is 0 Å². The van der Waals surface area contributed by atoms with Crippen molar-refractivity contribution in [1.29, 1.82) is 0 Å². The fourth-order valence-corrected chi connectivity index (χ4v) is 3.23. The Morgan fingerprint density at radius 1 is 1.43 bits per heavy atom. The van der Waals surface area contributed by atoms with Crippen molar-refractivity contribution in [3.05, 3.63) is 47.4 Å². The Hall–Kier alpha value is -2.34. The third-order valence-corrected chi connectivity index (χ3v) is 4.50. The first kappa shape index (κ1) is 13.6. The minimum absolute atomic E-state index is 0.00206. The van der Waals surface area contributed by atoms with E-state index in [-0.39, 0.29) is 5.91 Å². The van der Waals surface area contributed by atoms with E-state index in [0.717, 1.165) is 15.9 Å². The predicted molar refractivity (Wildman–Crippen MR) is 85.2 cm³/mol. The Morgan fingerprint density at radius 3 is 2.95 bits per heavy atom. The lowest BCUT2D eigenvalue weighted by atomic mass is 10.2. The second-order valence-corrected chi connectivity index (χ2v) is 6.11. The molecule has 0 aliphatic rings. The van der Waals surface area contributed by atoms with Gasteiger partial charge in [-0.3, -0.25) is 4.79 Å². The molecule has 1 aromatic carbocycles. The molecule has 0 unspecified atom stereocenters. The molecule has 0 fully saturated rings. The van der Waals surface area contributed by atoms with E-state index in [4.69, 9.17) is 5.73 Å². The third kappa shape index (κ3) is 2.62. The van der Waals surface area contributed by atoms with Crippen molar-refractivity contribution in [2.45, 2.75) is 6.54 Å². The quantitative estimate of drug-likeness (QED) is 0.756. The lowest BCUT2D eigenvalue weighted by Gasteiger charge is -2.15. The van der Waals surface area contributed by atoms with Crippen LogP contribution < -0.4 is 5.73 Å². The number of thiophene rings is 1. The number of nitrogens with zero attached hydrogens (tertiary/aromatic N) is 3. The highest BCUT2D eigenvalue weighted by atomic mass is 32.1. The number of rotatable bonds is 3. The standard InChI is InChI=1S/C15H16N4OS/c1-18-6-5-17-14(18)9-19(2)15(20)13-8-10-7-11(16)3-4-12(10)21-13/h3-8H,9,16H2,1-2H3. The van der Waals surface area contributed by atoms with Crippen LogP contribution in [0.15, 0.2) is 36.7 Å². The van der Waals surface area contributed by atoms with Gasteiger partial charge in [-0.1, -0.05) is 0 Å². The highest BCUT2D eigenvalue weighted by Gasteiger charge is 2.16. The van der Waals surface area contributed by atoms with Crippen molar-refractivity contribution in [3.8, 4) is 0 Å². The zero-order chi connectivity index (χ0) is 15.0. The summed E-state index contributed by atoms with van der Waals surface area (Å²) in [7, 11) is 3.71. The van der Waals surface area contributed by atoms with E-state index in [1.807, 2.05) is 42.1 Å². The Balaban J connectivity index is 1.84. The highest BCUT2D eigenvalue weighted by Crippen LogP contribution is 2.28. The smallest absolute Gasteiger partial charge is 0.264 e. The van der Waals surface area contributed by atoms with E-state index in [1.54, 1.807) is 18.1 Å². The average Bonchev–Trinajstić information content (AvgIpc) is 3.04. The lowest BCUT2D eigenvalue weighted by molar-refractivity contribution is 0.0785. The zero-order valence-corrected chi connectivity index (χ0v) is 12.7. The van der Waals surface area contributed by atoms with Crippen LogP contribution in [-0.2, 0) is 13.6 Å². The molecule has 0 saturated carbocycles. The van der Waals surface area contributed by atoms with E-state index in [0.29, 0.717) is 17.1 Å². The molecule has 108 valence electrons. The maximum absolute atomic E-state index is 12.5. The maximum Gasteiger partial charge on any atom is 0.264 e.